The van der Waals surface area contributed by atoms with Crippen molar-refractivity contribution in [3.63, 3.8) is 0 Å². The normalized spacial score (nSPS) is 21.2. The Hall–Kier alpha value is -1.48. The second-order valence-electron chi connectivity index (χ2n) is 7.53. The summed E-state index contributed by atoms with van der Waals surface area (Å²) in [6.07, 6.45) is 1.00. The SMILES string of the molecule is Cc1ccc(S(=O)(=O)N2CCN(CC(=O)N3CCCN(C)CC3)CC2)cc1. The number of hydrogen-bond donors (Lipinski definition) is 0. The van der Waals surface area contributed by atoms with Crippen LogP contribution >= 0.6 is 0 Å². The van der Waals surface area contributed by atoms with Gasteiger partial charge in [-0.25, -0.2) is 8.42 Å². The van der Waals surface area contributed by atoms with Gasteiger partial charge in [-0.15, -0.1) is 0 Å². The number of likely N-dealkylation sites (N-methyl/N-ethyl adjacent to an activating group) is 1. The smallest absolute Gasteiger partial charge is 0.243 e. The predicted molar refractivity (Wildman–Crippen MR) is 105 cm³/mol. The summed E-state index contributed by atoms with van der Waals surface area (Å²) in [5.74, 6) is 0.153. The average molecular weight is 395 g/mol. The van der Waals surface area contributed by atoms with Gasteiger partial charge in [-0.1, -0.05) is 17.7 Å². The van der Waals surface area contributed by atoms with Gasteiger partial charge in [0.1, 0.15) is 0 Å². The van der Waals surface area contributed by atoms with Crippen molar-refractivity contribution >= 4 is 15.9 Å². The molecule has 3 rings (SSSR count). The van der Waals surface area contributed by atoms with E-state index in [9.17, 15) is 13.2 Å². The van der Waals surface area contributed by atoms with Gasteiger partial charge in [-0.3, -0.25) is 9.69 Å². The first kappa shape index (κ1) is 20.3. The monoisotopic (exact) mass is 394 g/mol. The molecule has 0 N–H and O–H groups in total. The van der Waals surface area contributed by atoms with Gasteiger partial charge in [0.25, 0.3) is 0 Å². The molecule has 0 atom stereocenters. The van der Waals surface area contributed by atoms with Crippen LogP contribution in [-0.2, 0) is 14.8 Å². The highest BCUT2D eigenvalue weighted by molar-refractivity contribution is 7.89. The molecular formula is C19H30N4O3S. The second kappa shape index (κ2) is 8.68. The van der Waals surface area contributed by atoms with Gasteiger partial charge in [0, 0.05) is 45.8 Å². The van der Waals surface area contributed by atoms with E-state index >= 15 is 0 Å². The molecule has 2 fully saturated rings. The molecule has 150 valence electrons. The topological polar surface area (TPSA) is 64.2 Å². The van der Waals surface area contributed by atoms with Crippen molar-refractivity contribution in [1.82, 2.24) is 19.0 Å². The van der Waals surface area contributed by atoms with Crippen LogP contribution in [0.5, 0.6) is 0 Å². The van der Waals surface area contributed by atoms with Crippen molar-refractivity contribution in [2.24, 2.45) is 0 Å². The number of aryl methyl sites for hydroxylation is 1. The highest BCUT2D eigenvalue weighted by Gasteiger charge is 2.29. The number of nitrogens with zero attached hydrogens (tertiary/aromatic N) is 4. The number of piperazine rings is 1. The lowest BCUT2D eigenvalue weighted by molar-refractivity contribution is -0.132. The molecule has 1 aromatic carbocycles. The van der Waals surface area contributed by atoms with Crippen LogP contribution in [0.25, 0.3) is 0 Å². The number of rotatable bonds is 4. The lowest BCUT2D eigenvalue weighted by atomic mass is 10.2. The van der Waals surface area contributed by atoms with Crippen molar-refractivity contribution in [3.8, 4) is 0 Å². The predicted octanol–water partition coefficient (Wildman–Crippen LogP) is 0.465. The van der Waals surface area contributed by atoms with Crippen molar-refractivity contribution in [1.29, 1.82) is 0 Å². The Balaban J connectivity index is 1.52. The van der Waals surface area contributed by atoms with Crippen LogP contribution in [0.15, 0.2) is 29.2 Å². The summed E-state index contributed by atoms with van der Waals surface area (Å²) in [5.41, 5.74) is 1.04. The average Bonchev–Trinajstić information content (AvgIpc) is 2.87. The summed E-state index contributed by atoms with van der Waals surface area (Å²) < 4.78 is 27.1. The number of carbonyl (C=O) groups excluding carboxylic acids is 1. The maximum absolute atomic E-state index is 12.8. The van der Waals surface area contributed by atoms with E-state index in [1.807, 2.05) is 24.0 Å². The van der Waals surface area contributed by atoms with Crippen molar-refractivity contribution in [2.75, 3.05) is 66.0 Å². The molecule has 0 radical (unpaired) electrons. The fourth-order valence-corrected chi connectivity index (χ4v) is 5.00. The third-order valence-electron chi connectivity index (χ3n) is 5.42. The number of amides is 1. The molecule has 2 saturated heterocycles. The van der Waals surface area contributed by atoms with Crippen molar-refractivity contribution < 1.29 is 13.2 Å². The molecule has 2 aliphatic heterocycles. The van der Waals surface area contributed by atoms with Gasteiger partial charge in [0.15, 0.2) is 0 Å². The molecule has 2 aliphatic rings. The summed E-state index contributed by atoms with van der Waals surface area (Å²) in [7, 11) is -1.37. The summed E-state index contributed by atoms with van der Waals surface area (Å²) in [4.78, 5) is 19.2. The summed E-state index contributed by atoms with van der Waals surface area (Å²) in [5, 5.41) is 0. The van der Waals surface area contributed by atoms with E-state index in [0.29, 0.717) is 37.6 Å². The summed E-state index contributed by atoms with van der Waals surface area (Å²) >= 11 is 0. The second-order valence-corrected chi connectivity index (χ2v) is 9.47. The largest absolute Gasteiger partial charge is 0.340 e. The quantitative estimate of drug-likeness (QED) is 0.743. The Bertz CT molecular complexity index is 743. The fourth-order valence-electron chi connectivity index (χ4n) is 3.57. The lowest BCUT2D eigenvalue weighted by Crippen LogP contribution is -2.51. The first-order valence-corrected chi connectivity index (χ1v) is 11.1. The number of sulfonamides is 1. The Morgan fingerprint density at radius 3 is 2.26 bits per heavy atom. The third kappa shape index (κ3) is 5.07. The van der Waals surface area contributed by atoms with Crippen LogP contribution in [0.1, 0.15) is 12.0 Å². The standard InChI is InChI=1S/C19H30N4O3S/c1-17-4-6-18(7-5-17)27(25,26)23-14-11-21(12-15-23)16-19(24)22-9-3-8-20(2)10-13-22/h4-7H,3,8-16H2,1-2H3. The van der Waals surface area contributed by atoms with Crippen LogP contribution in [0.2, 0.25) is 0 Å². The lowest BCUT2D eigenvalue weighted by Gasteiger charge is -2.34. The van der Waals surface area contributed by atoms with Crippen LogP contribution in [-0.4, -0.2) is 99.3 Å². The number of benzene rings is 1. The van der Waals surface area contributed by atoms with Crippen LogP contribution in [0.3, 0.4) is 0 Å². The van der Waals surface area contributed by atoms with E-state index in [1.165, 1.54) is 4.31 Å². The minimum Gasteiger partial charge on any atom is -0.340 e. The van der Waals surface area contributed by atoms with Crippen LogP contribution < -0.4 is 0 Å². The molecule has 0 spiro atoms. The third-order valence-corrected chi connectivity index (χ3v) is 7.33. The van der Waals surface area contributed by atoms with Crippen molar-refractivity contribution in [3.05, 3.63) is 29.8 Å². The molecular weight excluding hydrogens is 364 g/mol. The minimum absolute atomic E-state index is 0.153. The van der Waals surface area contributed by atoms with E-state index in [-0.39, 0.29) is 5.91 Å². The molecule has 1 amide bonds. The van der Waals surface area contributed by atoms with Gasteiger partial charge in [0.05, 0.1) is 11.4 Å². The first-order valence-electron chi connectivity index (χ1n) is 9.62. The highest BCUT2D eigenvalue weighted by atomic mass is 32.2. The molecule has 27 heavy (non-hydrogen) atoms. The first-order chi connectivity index (χ1) is 12.9. The Morgan fingerprint density at radius 2 is 1.59 bits per heavy atom. The Labute approximate surface area is 162 Å². The molecule has 8 heteroatoms. The molecule has 2 heterocycles. The fraction of sp³-hybridized carbons (Fsp3) is 0.632. The van der Waals surface area contributed by atoms with E-state index in [2.05, 4.69) is 16.8 Å². The molecule has 7 nitrogen and oxygen atoms in total. The van der Waals surface area contributed by atoms with E-state index < -0.39 is 10.0 Å². The van der Waals surface area contributed by atoms with Gasteiger partial charge < -0.3 is 9.80 Å². The van der Waals surface area contributed by atoms with E-state index in [4.69, 9.17) is 0 Å². The molecule has 0 aliphatic carbocycles. The molecule has 0 aromatic heterocycles. The Morgan fingerprint density at radius 1 is 0.926 bits per heavy atom. The van der Waals surface area contributed by atoms with E-state index in [1.54, 1.807) is 12.1 Å². The zero-order chi connectivity index (χ0) is 19.4. The maximum atomic E-state index is 12.8. The van der Waals surface area contributed by atoms with Crippen molar-refractivity contribution in [2.45, 2.75) is 18.2 Å². The summed E-state index contributed by atoms with van der Waals surface area (Å²) in [6, 6.07) is 6.97. The number of hydrogen-bond acceptors (Lipinski definition) is 5. The minimum atomic E-state index is -3.46. The zero-order valence-electron chi connectivity index (χ0n) is 16.3. The maximum Gasteiger partial charge on any atom is 0.243 e. The molecule has 1 aromatic rings. The number of carbonyl (C=O) groups is 1. The Kier molecular flexibility index (Phi) is 6.52. The van der Waals surface area contributed by atoms with Gasteiger partial charge >= 0.3 is 0 Å². The van der Waals surface area contributed by atoms with Gasteiger partial charge in [0.2, 0.25) is 15.9 Å². The molecule has 0 unspecified atom stereocenters. The molecule has 0 saturated carbocycles. The highest BCUT2D eigenvalue weighted by Crippen LogP contribution is 2.18. The molecule has 0 bridgehead atoms. The van der Waals surface area contributed by atoms with Crippen LogP contribution in [0.4, 0.5) is 0 Å². The summed E-state index contributed by atoms with van der Waals surface area (Å²) in [6.45, 7) is 7.86. The van der Waals surface area contributed by atoms with Crippen LogP contribution in [0, 0.1) is 6.92 Å². The van der Waals surface area contributed by atoms with Gasteiger partial charge in [-0.2, -0.15) is 4.31 Å². The zero-order valence-corrected chi connectivity index (χ0v) is 17.1. The van der Waals surface area contributed by atoms with Gasteiger partial charge in [-0.05, 0) is 39.1 Å². The van der Waals surface area contributed by atoms with E-state index in [0.717, 1.165) is 38.2 Å².